The van der Waals surface area contributed by atoms with E-state index in [0.717, 1.165) is 22.0 Å². The van der Waals surface area contributed by atoms with Crippen LogP contribution in [0.4, 0.5) is 5.13 Å². The first-order valence-corrected chi connectivity index (χ1v) is 13.4. The number of benzene rings is 2. The smallest absolute Gasteiger partial charge is 0.243 e. The number of rotatable bonds is 5. The molecule has 0 radical (unpaired) electrons. The molecule has 1 fully saturated rings. The summed E-state index contributed by atoms with van der Waals surface area (Å²) in [4.78, 5) is 7.16. The molecular weight excluding hydrogens is 529 g/mol. The van der Waals surface area contributed by atoms with Crippen molar-refractivity contribution in [3.05, 3.63) is 63.5 Å². The first-order valence-electron chi connectivity index (χ1n) is 9.19. The number of thiazole rings is 1. The predicted molar refractivity (Wildman–Crippen MR) is 128 cm³/mol. The van der Waals surface area contributed by atoms with E-state index in [1.165, 1.54) is 11.3 Å². The number of alkyl halides is 1. The van der Waals surface area contributed by atoms with Gasteiger partial charge in [-0.05, 0) is 29.8 Å². The van der Waals surface area contributed by atoms with Crippen LogP contribution in [-0.2, 0) is 15.4 Å². The van der Waals surface area contributed by atoms with Crippen molar-refractivity contribution in [2.45, 2.75) is 10.2 Å². The van der Waals surface area contributed by atoms with E-state index in [1.807, 2.05) is 23.6 Å². The molecule has 0 aliphatic carbocycles. The third-order valence-electron chi connectivity index (χ3n) is 4.93. The normalized spacial score (nSPS) is 15.5. The molecule has 0 atom stereocenters. The highest BCUT2D eigenvalue weighted by atomic mass is 79.9. The first-order chi connectivity index (χ1) is 14.4. The summed E-state index contributed by atoms with van der Waals surface area (Å²) in [5.41, 5.74) is 2.77. The van der Waals surface area contributed by atoms with Crippen molar-refractivity contribution in [3.8, 4) is 11.3 Å². The summed E-state index contributed by atoms with van der Waals surface area (Å²) in [6.45, 7) is 2.02. The molecule has 2 aromatic carbocycles. The van der Waals surface area contributed by atoms with Gasteiger partial charge in [0, 0.05) is 42.5 Å². The minimum absolute atomic E-state index is 0.330. The summed E-state index contributed by atoms with van der Waals surface area (Å²) in [5.74, 6) is 0. The van der Waals surface area contributed by atoms with E-state index in [9.17, 15) is 8.42 Å². The van der Waals surface area contributed by atoms with Crippen LogP contribution in [0.25, 0.3) is 11.3 Å². The Hall–Kier alpha value is -1.16. The average molecular weight is 547 g/mol. The Morgan fingerprint density at radius 2 is 1.70 bits per heavy atom. The molecule has 4 rings (SSSR count). The number of hydrogen-bond donors (Lipinski definition) is 0. The molecule has 1 saturated heterocycles. The lowest BCUT2D eigenvalue weighted by Crippen LogP contribution is -2.48. The van der Waals surface area contributed by atoms with Crippen molar-refractivity contribution in [2.75, 3.05) is 31.1 Å². The van der Waals surface area contributed by atoms with Crippen LogP contribution in [0.15, 0.2) is 52.7 Å². The number of sulfonamides is 1. The Morgan fingerprint density at radius 3 is 2.33 bits per heavy atom. The molecule has 0 amide bonds. The second-order valence-corrected chi connectivity index (χ2v) is 11.0. The number of hydrogen-bond acceptors (Lipinski definition) is 5. The summed E-state index contributed by atoms with van der Waals surface area (Å²) in [7, 11) is -3.49. The molecular formula is C20H18BrCl2N3O2S2. The second-order valence-electron chi connectivity index (χ2n) is 6.81. The number of piperazine rings is 1. The van der Waals surface area contributed by atoms with Crippen molar-refractivity contribution >= 4 is 65.6 Å². The topological polar surface area (TPSA) is 53.5 Å². The quantitative estimate of drug-likeness (QED) is 0.395. The molecule has 5 nitrogen and oxygen atoms in total. The number of nitrogens with zero attached hydrogens (tertiary/aromatic N) is 3. The Bertz CT molecular complexity index is 1150. The Labute approximate surface area is 198 Å². The predicted octanol–water partition coefficient (Wildman–Crippen LogP) is 5.52. The third kappa shape index (κ3) is 4.54. The van der Waals surface area contributed by atoms with Gasteiger partial charge in [-0.15, -0.1) is 11.3 Å². The van der Waals surface area contributed by atoms with Crippen LogP contribution in [0.5, 0.6) is 0 Å². The maximum Gasteiger partial charge on any atom is 0.243 e. The minimum Gasteiger partial charge on any atom is -0.345 e. The van der Waals surface area contributed by atoms with Crippen molar-refractivity contribution in [1.82, 2.24) is 9.29 Å². The lowest BCUT2D eigenvalue weighted by molar-refractivity contribution is 0.385. The highest BCUT2D eigenvalue weighted by Crippen LogP contribution is 2.32. The van der Waals surface area contributed by atoms with Gasteiger partial charge in [0.05, 0.1) is 20.6 Å². The van der Waals surface area contributed by atoms with Crippen LogP contribution in [-0.4, -0.2) is 43.9 Å². The molecule has 0 N–H and O–H groups in total. The first kappa shape index (κ1) is 22.0. The molecule has 1 aliphatic heterocycles. The molecule has 1 aromatic heterocycles. The summed E-state index contributed by atoms with van der Waals surface area (Å²) < 4.78 is 27.4. The molecule has 1 aliphatic rings. The zero-order chi connectivity index (χ0) is 21.3. The minimum atomic E-state index is -3.49. The SMILES string of the molecule is O=S(=O)(c1ccc(CBr)cc1)N1CCN(c2nc(-c3ccc(Cl)c(Cl)c3)cs2)CC1. The lowest BCUT2D eigenvalue weighted by atomic mass is 10.2. The number of halogens is 3. The van der Waals surface area contributed by atoms with Gasteiger partial charge in [-0.25, -0.2) is 13.4 Å². The van der Waals surface area contributed by atoms with E-state index in [2.05, 4.69) is 20.8 Å². The van der Waals surface area contributed by atoms with E-state index >= 15 is 0 Å². The summed E-state index contributed by atoms with van der Waals surface area (Å²) in [6.07, 6.45) is 0. The standard InChI is InChI=1S/C20H18BrCl2N3O2S2/c21-12-14-1-4-16(5-2-14)30(27,28)26-9-7-25(8-10-26)20-24-19(13-29-20)15-3-6-17(22)18(23)11-15/h1-6,11,13H,7-10,12H2. The van der Waals surface area contributed by atoms with Crippen molar-refractivity contribution in [2.24, 2.45) is 0 Å². The zero-order valence-corrected chi connectivity index (χ0v) is 20.5. The van der Waals surface area contributed by atoms with Gasteiger partial charge in [-0.3, -0.25) is 0 Å². The van der Waals surface area contributed by atoms with E-state index in [4.69, 9.17) is 28.2 Å². The molecule has 0 unspecified atom stereocenters. The molecule has 2 heterocycles. The van der Waals surface area contributed by atoms with Crippen LogP contribution in [0.3, 0.4) is 0 Å². The average Bonchev–Trinajstić information content (AvgIpc) is 3.26. The fourth-order valence-corrected chi connectivity index (χ4v) is 6.20. The van der Waals surface area contributed by atoms with Gasteiger partial charge in [0.2, 0.25) is 10.0 Å². The van der Waals surface area contributed by atoms with Gasteiger partial charge in [-0.2, -0.15) is 4.31 Å². The van der Waals surface area contributed by atoms with E-state index < -0.39 is 10.0 Å². The largest absolute Gasteiger partial charge is 0.345 e. The second kappa shape index (κ2) is 9.14. The number of anilines is 1. The molecule has 0 bridgehead atoms. The van der Waals surface area contributed by atoms with Crippen LogP contribution in [0, 0.1) is 0 Å². The van der Waals surface area contributed by atoms with E-state index in [-0.39, 0.29) is 0 Å². The monoisotopic (exact) mass is 545 g/mol. The van der Waals surface area contributed by atoms with Crippen molar-refractivity contribution in [1.29, 1.82) is 0 Å². The van der Waals surface area contributed by atoms with Gasteiger partial charge in [-0.1, -0.05) is 57.3 Å². The summed E-state index contributed by atoms with van der Waals surface area (Å²) in [5, 5.41) is 4.55. The molecule has 0 spiro atoms. The molecule has 0 saturated carbocycles. The van der Waals surface area contributed by atoms with E-state index in [0.29, 0.717) is 46.4 Å². The number of aromatic nitrogens is 1. The van der Waals surface area contributed by atoms with Crippen molar-refractivity contribution < 1.29 is 8.42 Å². The summed E-state index contributed by atoms with van der Waals surface area (Å²) in [6, 6.07) is 12.4. The Morgan fingerprint density at radius 1 is 1.00 bits per heavy atom. The van der Waals surface area contributed by atoms with Crippen LogP contribution >= 0.6 is 50.5 Å². The highest BCUT2D eigenvalue weighted by molar-refractivity contribution is 9.08. The lowest BCUT2D eigenvalue weighted by Gasteiger charge is -2.33. The zero-order valence-electron chi connectivity index (χ0n) is 15.8. The maximum atomic E-state index is 12.9. The Kier molecular flexibility index (Phi) is 6.72. The fraction of sp³-hybridized carbons (Fsp3) is 0.250. The van der Waals surface area contributed by atoms with Crippen LogP contribution in [0.1, 0.15) is 5.56 Å². The van der Waals surface area contributed by atoms with Crippen molar-refractivity contribution in [3.63, 3.8) is 0 Å². The molecule has 158 valence electrons. The molecule has 3 aromatic rings. The third-order valence-corrected chi connectivity index (χ3v) is 9.13. The van der Waals surface area contributed by atoms with Gasteiger partial charge >= 0.3 is 0 Å². The fourth-order valence-electron chi connectivity index (χ4n) is 3.22. The summed E-state index contributed by atoms with van der Waals surface area (Å²) >= 11 is 17.0. The van der Waals surface area contributed by atoms with Gasteiger partial charge in [0.25, 0.3) is 0 Å². The van der Waals surface area contributed by atoms with Crippen LogP contribution < -0.4 is 4.90 Å². The molecule has 30 heavy (non-hydrogen) atoms. The molecule has 10 heteroatoms. The Balaban J connectivity index is 1.44. The van der Waals surface area contributed by atoms with Gasteiger partial charge in [0.1, 0.15) is 0 Å². The van der Waals surface area contributed by atoms with Gasteiger partial charge < -0.3 is 4.90 Å². The van der Waals surface area contributed by atoms with Crippen LogP contribution in [0.2, 0.25) is 10.0 Å². The van der Waals surface area contributed by atoms with E-state index in [1.54, 1.807) is 28.6 Å². The van der Waals surface area contributed by atoms with Gasteiger partial charge in [0.15, 0.2) is 5.13 Å². The highest BCUT2D eigenvalue weighted by Gasteiger charge is 2.29. The maximum absolute atomic E-state index is 12.9.